The Balaban J connectivity index is 1.87. The van der Waals surface area contributed by atoms with Crippen LogP contribution in [0.25, 0.3) is 0 Å². The molecular weight excluding hydrogens is 294 g/mol. The van der Waals surface area contributed by atoms with E-state index in [4.69, 9.17) is 16.3 Å². The van der Waals surface area contributed by atoms with E-state index in [0.717, 1.165) is 35.3 Å². The summed E-state index contributed by atoms with van der Waals surface area (Å²) in [5, 5.41) is 10.0. The Morgan fingerprint density at radius 1 is 1.09 bits per heavy atom. The summed E-state index contributed by atoms with van der Waals surface area (Å²) in [4.78, 5) is 0. The fourth-order valence-electron chi connectivity index (χ4n) is 2.49. The molecule has 114 valence electrons. The number of para-hydroxylation sites is 1. The number of benzene rings is 2. The van der Waals surface area contributed by atoms with Crippen molar-refractivity contribution in [3.05, 3.63) is 64.2 Å². The largest absolute Gasteiger partial charge is 0.493 e. The van der Waals surface area contributed by atoms with Gasteiger partial charge in [-0.15, -0.1) is 0 Å². The third kappa shape index (κ3) is 4.26. The predicted octanol–water partition coefficient (Wildman–Crippen LogP) is 5.42. The summed E-state index contributed by atoms with van der Waals surface area (Å²) in [6, 6.07) is 16.0. The molecule has 0 bridgehead atoms. The Morgan fingerprint density at radius 2 is 1.73 bits per heavy atom. The molecule has 2 aromatic rings. The monoisotopic (exact) mass is 313 g/mol. The summed E-state index contributed by atoms with van der Waals surface area (Å²) >= 11 is 5.88. The van der Waals surface area contributed by atoms with Gasteiger partial charge < -0.3 is 4.74 Å². The van der Waals surface area contributed by atoms with Gasteiger partial charge in [0.05, 0.1) is 18.6 Å². The molecule has 0 aliphatic heterocycles. The molecule has 0 fully saturated rings. The van der Waals surface area contributed by atoms with Crippen LogP contribution in [0.4, 0.5) is 0 Å². The number of aryl methyl sites for hydroxylation is 2. The summed E-state index contributed by atoms with van der Waals surface area (Å²) < 4.78 is 5.89. The molecule has 0 saturated carbocycles. The maximum Gasteiger partial charge on any atom is 0.125 e. The lowest BCUT2D eigenvalue weighted by Crippen LogP contribution is -2.03. The van der Waals surface area contributed by atoms with Gasteiger partial charge in [0.2, 0.25) is 0 Å². The highest BCUT2D eigenvalue weighted by molar-refractivity contribution is 6.30. The molecule has 0 heterocycles. The van der Waals surface area contributed by atoms with Crippen molar-refractivity contribution >= 4 is 11.6 Å². The number of hydrogen-bond donors (Lipinski definition) is 0. The van der Waals surface area contributed by atoms with Gasteiger partial charge in [0, 0.05) is 5.02 Å². The molecule has 2 rings (SSSR count). The quantitative estimate of drug-likeness (QED) is 0.667. The number of rotatable bonds is 6. The molecule has 22 heavy (non-hydrogen) atoms. The van der Waals surface area contributed by atoms with E-state index in [-0.39, 0.29) is 5.92 Å². The Kier molecular flexibility index (Phi) is 5.86. The maximum atomic E-state index is 9.33. The van der Waals surface area contributed by atoms with Crippen molar-refractivity contribution in [1.82, 2.24) is 0 Å². The van der Waals surface area contributed by atoms with Gasteiger partial charge in [0.1, 0.15) is 5.75 Å². The summed E-state index contributed by atoms with van der Waals surface area (Å²) in [5.41, 5.74) is 3.31. The first kappa shape index (κ1) is 16.4. The first-order valence-electron chi connectivity index (χ1n) is 7.46. The summed E-state index contributed by atoms with van der Waals surface area (Å²) in [6.07, 6.45) is 1.62. The van der Waals surface area contributed by atoms with Crippen LogP contribution in [0.15, 0.2) is 42.5 Å². The van der Waals surface area contributed by atoms with E-state index in [9.17, 15) is 5.26 Å². The van der Waals surface area contributed by atoms with Crippen molar-refractivity contribution in [1.29, 1.82) is 5.26 Å². The van der Waals surface area contributed by atoms with Gasteiger partial charge >= 0.3 is 0 Å². The molecule has 1 unspecified atom stereocenters. The first-order chi connectivity index (χ1) is 10.6. The maximum absolute atomic E-state index is 9.33. The van der Waals surface area contributed by atoms with Crippen LogP contribution < -0.4 is 4.74 Å². The van der Waals surface area contributed by atoms with E-state index >= 15 is 0 Å². The van der Waals surface area contributed by atoms with Crippen LogP contribution in [0.3, 0.4) is 0 Å². The molecule has 1 atom stereocenters. The number of halogens is 1. The Labute approximate surface area is 137 Å². The van der Waals surface area contributed by atoms with Crippen molar-refractivity contribution in [2.75, 3.05) is 6.61 Å². The fourth-order valence-corrected chi connectivity index (χ4v) is 2.62. The van der Waals surface area contributed by atoms with Gasteiger partial charge in [0.25, 0.3) is 0 Å². The lowest BCUT2D eigenvalue weighted by molar-refractivity contribution is 0.301. The van der Waals surface area contributed by atoms with Crippen LogP contribution in [-0.2, 0) is 0 Å². The molecule has 0 aliphatic carbocycles. The fraction of sp³-hybridized carbons (Fsp3) is 0.316. The van der Waals surface area contributed by atoms with Crippen LogP contribution in [0.2, 0.25) is 5.02 Å². The van der Waals surface area contributed by atoms with E-state index in [1.807, 2.05) is 56.3 Å². The molecule has 0 amide bonds. The molecule has 0 aliphatic rings. The summed E-state index contributed by atoms with van der Waals surface area (Å²) in [6.45, 7) is 4.72. The second-order valence-corrected chi connectivity index (χ2v) is 5.88. The van der Waals surface area contributed by atoms with E-state index < -0.39 is 0 Å². The second-order valence-electron chi connectivity index (χ2n) is 5.44. The van der Waals surface area contributed by atoms with Gasteiger partial charge in [-0.05, 0) is 55.5 Å². The Hall–Kier alpha value is -1.98. The van der Waals surface area contributed by atoms with E-state index in [0.29, 0.717) is 11.6 Å². The van der Waals surface area contributed by atoms with E-state index in [1.54, 1.807) is 0 Å². The van der Waals surface area contributed by atoms with Gasteiger partial charge in [-0.3, -0.25) is 0 Å². The van der Waals surface area contributed by atoms with E-state index in [1.165, 1.54) is 0 Å². The molecule has 3 heteroatoms. The average molecular weight is 314 g/mol. The van der Waals surface area contributed by atoms with Crippen molar-refractivity contribution in [2.24, 2.45) is 0 Å². The third-order valence-electron chi connectivity index (χ3n) is 3.72. The molecule has 0 radical (unpaired) electrons. The van der Waals surface area contributed by atoms with Crippen molar-refractivity contribution < 1.29 is 4.74 Å². The van der Waals surface area contributed by atoms with Crippen LogP contribution in [0, 0.1) is 25.2 Å². The third-order valence-corrected chi connectivity index (χ3v) is 3.97. The number of nitrogens with zero attached hydrogens (tertiary/aromatic N) is 1. The lowest BCUT2D eigenvalue weighted by atomic mass is 9.96. The minimum Gasteiger partial charge on any atom is -0.493 e. The smallest absolute Gasteiger partial charge is 0.125 e. The summed E-state index contributed by atoms with van der Waals surface area (Å²) in [5.74, 6) is 0.848. The first-order valence-corrected chi connectivity index (χ1v) is 7.83. The van der Waals surface area contributed by atoms with Gasteiger partial charge in [-0.2, -0.15) is 5.26 Å². The molecule has 0 aromatic heterocycles. The highest BCUT2D eigenvalue weighted by Crippen LogP contribution is 2.25. The Bertz CT molecular complexity index is 638. The second kappa shape index (κ2) is 7.87. The van der Waals surface area contributed by atoms with Crippen molar-refractivity contribution in [3.8, 4) is 11.8 Å². The molecule has 2 aromatic carbocycles. The lowest BCUT2D eigenvalue weighted by Gasteiger charge is -2.13. The molecule has 0 spiro atoms. The predicted molar refractivity (Wildman–Crippen MR) is 90.5 cm³/mol. The van der Waals surface area contributed by atoms with Gasteiger partial charge in [0.15, 0.2) is 0 Å². The van der Waals surface area contributed by atoms with Crippen LogP contribution >= 0.6 is 11.6 Å². The van der Waals surface area contributed by atoms with Crippen molar-refractivity contribution in [2.45, 2.75) is 32.6 Å². The highest BCUT2D eigenvalue weighted by Gasteiger charge is 2.11. The van der Waals surface area contributed by atoms with E-state index in [2.05, 4.69) is 6.07 Å². The SMILES string of the molecule is Cc1cccc(C)c1OCCCC(C#N)c1ccc(Cl)cc1. The molecule has 2 nitrogen and oxygen atoms in total. The molecule has 0 saturated heterocycles. The van der Waals surface area contributed by atoms with Crippen molar-refractivity contribution in [3.63, 3.8) is 0 Å². The zero-order valence-corrected chi connectivity index (χ0v) is 13.7. The normalized spacial score (nSPS) is 11.7. The minimum atomic E-state index is -0.112. The molecule has 0 N–H and O–H groups in total. The van der Waals surface area contributed by atoms with Crippen LogP contribution in [-0.4, -0.2) is 6.61 Å². The average Bonchev–Trinajstić information content (AvgIpc) is 2.51. The summed E-state index contributed by atoms with van der Waals surface area (Å²) in [7, 11) is 0. The Morgan fingerprint density at radius 3 is 2.32 bits per heavy atom. The van der Waals surface area contributed by atoms with Gasteiger partial charge in [-0.1, -0.05) is 41.9 Å². The number of nitriles is 1. The number of ether oxygens (including phenoxy) is 1. The minimum absolute atomic E-state index is 0.112. The highest BCUT2D eigenvalue weighted by atomic mass is 35.5. The number of hydrogen-bond acceptors (Lipinski definition) is 2. The van der Waals surface area contributed by atoms with Crippen LogP contribution in [0.1, 0.15) is 35.4 Å². The zero-order valence-electron chi connectivity index (χ0n) is 13.0. The standard InChI is InChI=1S/C19H20ClNO/c1-14-5-3-6-15(2)19(14)22-12-4-7-17(13-21)16-8-10-18(20)11-9-16/h3,5-6,8-11,17H,4,7,12H2,1-2H3. The van der Waals surface area contributed by atoms with Gasteiger partial charge in [-0.25, -0.2) is 0 Å². The molecular formula is C19H20ClNO. The zero-order chi connectivity index (χ0) is 15.9. The van der Waals surface area contributed by atoms with Crippen LogP contribution in [0.5, 0.6) is 5.75 Å². The topological polar surface area (TPSA) is 33.0 Å².